The van der Waals surface area contributed by atoms with Crippen molar-refractivity contribution in [2.45, 2.75) is 25.9 Å². The van der Waals surface area contributed by atoms with Crippen LogP contribution in [0.4, 0.5) is 0 Å². The third kappa shape index (κ3) is 5.26. The summed E-state index contributed by atoms with van der Waals surface area (Å²) in [6.07, 6.45) is 4.33. The Hall–Kier alpha value is -3.29. The summed E-state index contributed by atoms with van der Waals surface area (Å²) in [6, 6.07) is 17.3. The zero-order valence-corrected chi connectivity index (χ0v) is 19.9. The van der Waals surface area contributed by atoms with Crippen LogP contribution in [0.2, 0.25) is 0 Å². The molecule has 7 heteroatoms. The van der Waals surface area contributed by atoms with Crippen LogP contribution < -0.4 is 5.56 Å². The molecule has 0 spiro atoms. The van der Waals surface area contributed by atoms with E-state index in [2.05, 4.69) is 11.8 Å². The number of nitrogens with zero attached hydrogens (tertiary/aromatic N) is 4. The third-order valence-corrected chi connectivity index (χ3v) is 6.38. The molecule has 1 saturated heterocycles. The number of carbonyl (C=O) groups excluding carboxylic acids is 1. The normalized spacial score (nSPS) is 15.8. The van der Waals surface area contributed by atoms with Gasteiger partial charge in [-0.2, -0.15) is 0 Å². The summed E-state index contributed by atoms with van der Waals surface area (Å²) in [5.74, 6) is 0.796. The van der Waals surface area contributed by atoms with Crippen molar-refractivity contribution in [2.75, 3.05) is 39.9 Å². The molecule has 4 rings (SSSR count). The second-order valence-electron chi connectivity index (χ2n) is 8.47. The number of benzene rings is 2. The molecule has 0 saturated carbocycles. The smallest absolute Gasteiger partial charge is 0.261 e. The van der Waals surface area contributed by atoms with Gasteiger partial charge in [-0.1, -0.05) is 49.4 Å². The van der Waals surface area contributed by atoms with Crippen LogP contribution in [0, 0.1) is 0 Å². The van der Waals surface area contributed by atoms with E-state index in [-0.39, 0.29) is 17.5 Å². The number of methoxy groups -OCH3 is 1. The van der Waals surface area contributed by atoms with E-state index in [9.17, 15) is 9.59 Å². The number of aromatic nitrogens is 2. The molecule has 3 aromatic rings. The van der Waals surface area contributed by atoms with Gasteiger partial charge in [-0.05, 0) is 30.2 Å². The highest BCUT2D eigenvalue weighted by molar-refractivity contribution is 5.91. The predicted octanol–water partition coefficient (Wildman–Crippen LogP) is 3.35. The van der Waals surface area contributed by atoms with Crippen molar-refractivity contribution in [3.05, 3.63) is 82.4 Å². The lowest BCUT2D eigenvalue weighted by Gasteiger charge is -2.39. The van der Waals surface area contributed by atoms with Crippen molar-refractivity contribution >= 4 is 22.9 Å². The number of hydrogen-bond acceptors (Lipinski definition) is 5. The summed E-state index contributed by atoms with van der Waals surface area (Å²) in [4.78, 5) is 35.1. The SMILES string of the molecule is CCC(c1nc2ccccc2c(=O)n1CCOC)N1CCN(C(=O)/C=C/c2ccccc2)CC1. The number of carbonyl (C=O) groups is 1. The standard InChI is InChI=1S/C27H32N4O3/c1-3-24(26-28-23-12-8-7-11-22(23)27(33)31(26)19-20-34-2)29-15-17-30(18-16-29)25(32)14-13-21-9-5-4-6-10-21/h4-14,24H,3,15-20H2,1-2H3/b14-13+. The Morgan fingerprint density at radius 1 is 1.06 bits per heavy atom. The van der Waals surface area contributed by atoms with E-state index in [1.165, 1.54) is 0 Å². The molecule has 1 atom stereocenters. The molecule has 7 nitrogen and oxygen atoms in total. The molecule has 0 N–H and O–H groups in total. The van der Waals surface area contributed by atoms with Gasteiger partial charge in [0.05, 0.1) is 30.1 Å². The Morgan fingerprint density at radius 2 is 1.76 bits per heavy atom. The minimum Gasteiger partial charge on any atom is -0.383 e. The lowest BCUT2D eigenvalue weighted by atomic mass is 10.1. The van der Waals surface area contributed by atoms with Gasteiger partial charge in [-0.25, -0.2) is 4.98 Å². The van der Waals surface area contributed by atoms with Crippen LogP contribution in [-0.4, -0.2) is 65.2 Å². The second-order valence-corrected chi connectivity index (χ2v) is 8.47. The monoisotopic (exact) mass is 460 g/mol. The number of piperazine rings is 1. The predicted molar refractivity (Wildman–Crippen MR) is 135 cm³/mol. The average Bonchev–Trinajstić information content (AvgIpc) is 2.88. The van der Waals surface area contributed by atoms with Crippen LogP contribution >= 0.6 is 0 Å². The zero-order chi connectivity index (χ0) is 23.9. The first-order valence-electron chi connectivity index (χ1n) is 11.9. The highest BCUT2D eigenvalue weighted by atomic mass is 16.5. The maximum absolute atomic E-state index is 13.3. The van der Waals surface area contributed by atoms with E-state index in [1.54, 1.807) is 17.8 Å². The molecule has 2 aromatic carbocycles. The molecule has 1 fully saturated rings. The topological polar surface area (TPSA) is 67.7 Å². The number of fused-ring (bicyclic) bond motifs is 1. The van der Waals surface area contributed by atoms with Crippen LogP contribution in [0.15, 0.2) is 65.5 Å². The van der Waals surface area contributed by atoms with Crippen molar-refractivity contribution in [3.63, 3.8) is 0 Å². The Kier molecular flexibility index (Phi) is 7.87. The number of rotatable bonds is 8. The van der Waals surface area contributed by atoms with Crippen LogP contribution in [-0.2, 0) is 16.1 Å². The quantitative estimate of drug-likeness (QED) is 0.482. The fourth-order valence-corrected chi connectivity index (χ4v) is 4.53. The van der Waals surface area contributed by atoms with Crippen molar-refractivity contribution < 1.29 is 9.53 Å². The summed E-state index contributed by atoms with van der Waals surface area (Å²) in [7, 11) is 1.64. The lowest BCUT2D eigenvalue weighted by Crippen LogP contribution is -2.50. The molecule has 0 radical (unpaired) electrons. The Bertz CT molecular complexity index is 1200. The summed E-state index contributed by atoms with van der Waals surface area (Å²) in [5.41, 5.74) is 1.70. The number of hydrogen-bond donors (Lipinski definition) is 0. The van der Waals surface area contributed by atoms with Gasteiger partial charge >= 0.3 is 0 Å². The van der Waals surface area contributed by atoms with Gasteiger partial charge in [-0.15, -0.1) is 0 Å². The third-order valence-electron chi connectivity index (χ3n) is 6.38. The number of amides is 1. The van der Waals surface area contributed by atoms with E-state index in [4.69, 9.17) is 9.72 Å². The minimum atomic E-state index is -0.0315. The minimum absolute atomic E-state index is 0.00808. The first-order chi connectivity index (χ1) is 16.6. The molecule has 2 heterocycles. The van der Waals surface area contributed by atoms with Gasteiger partial charge in [-0.3, -0.25) is 19.1 Å². The highest BCUT2D eigenvalue weighted by Gasteiger charge is 2.28. The molecular weight excluding hydrogens is 428 g/mol. The van der Waals surface area contributed by atoms with Crippen LogP contribution in [0.3, 0.4) is 0 Å². The molecule has 1 aliphatic heterocycles. The van der Waals surface area contributed by atoms with Gasteiger partial charge in [0.25, 0.3) is 5.56 Å². The fourth-order valence-electron chi connectivity index (χ4n) is 4.53. The van der Waals surface area contributed by atoms with Gasteiger partial charge in [0.2, 0.25) is 5.91 Å². The van der Waals surface area contributed by atoms with Gasteiger partial charge in [0, 0.05) is 39.4 Å². The average molecular weight is 461 g/mol. The van der Waals surface area contributed by atoms with E-state index < -0.39 is 0 Å². The summed E-state index contributed by atoms with van der Waals surface area (Å²) >= 11 is 0. The largest absolute Gasteiger partial charge is 0.383 e. The maximum atomic E-state index is 13.3. The Morgan fingerprint density at radius 3 is 2.47 bits per heavy atom. The van der Waals surface area contributed by atoms with Crippen LogP contribution in [0.25, 0.3) is 17.0 Å². The van der Waals surface area contributed by atoms with Crippen molar-refractivity contribution in [1.82, 2.24) is 19.4 Å². The molecule has 0 aliphatic carbocycles. The Labute approximate surface area is 200 Å². The van der Waals surface area contributed by atoms with Crippen molar-refractivity contribution in [1.29, 1.82) is 0 Å². The molecule has 1 aliphatic rings. The number of ether oxygens (including phenoxy) is 1. The first kappa shape index (κ1) is 23.9. The summed E-state index contributed by atoms with van der Waals surface area (Å²) < 4.78 is 7.03. The number of para-hydroxylation sites is 1. The van der Waals surface area contributed by atoms with Gasteiger partial charge in [0.1, 0.15) is 5.82 Å². The zero-order valence-electron chi connectivity index (χ0n) is 19.9. The fraction of sp³-hybridized carbons (Fsp3) is 0.370. The van der Waals surface area contributed by atoms with Gasteiger partial charge in [0.15, 0.2) is 0 Å². The van der Waals surface area contributed by atoms with Crippen molar-refractivity contribution in [3.8, 4) is 0 Å². The van der Waals surface area contributed by atoms with E-state index in [0.717, 1.165) is 36.4 Å². The van der Waals surface area contributed by atoms with Crippen LogP contribution in [0.1, 0.15) is 30.8 Å². The highest BCUT2D eigenvalue weighted by Crippen LogP contribution is 2.25. The molecule has 1 unspecified atom stereocenters. The van der Waals surface area contributed by atoms with Crippen molar-refractivity contribution in [2.24, 2.45) is 0 Å². The van der Waals surface area contributed by atoms with Crippen LogP contribution in [0.5, 0.6) is 0 Å². The molecule has 178 valence electrons. The lowest BCUT2D eigenvalue weighted by molar-refractivity contribution is -0.128. The summed E-state index contributed by atoms with van der Waals surface area (Å²) in [5, 5.41) is 0.623. The van der Waals surface area contributed by atoms with E-state index in [1.807, 2.05) is 65.6 Å². The van der Waals surface area contributed by atoms with E-state index >= 15 is 0 Å². The maximum Gasteiger partial charge on any atom is 0.261 e. The Balaban J connectivity index is 1.52. The molecule has 0 bridgehead atoms. The summed E-state index contributed by atoms with van der Waals surface area (Å²) in [6.45, 7) is 5.77. The molecule has 1 aromatic heterocycles. The molecular formula is C27H32N4O3. The van der Waals surface area contributed by atoms with E-state index in [0.29, 0.717) is 31.6 Å². The van der Waals surface area contributed by atoms with Gasteiger partial charge < -0.3 is 9.64 Å². The molecule has 34 heavy (non-hydrogen) atoms. The second kappa shape index (κ2) is 11.2. The first-order valence-corrected chi connectivity index (χ1v) is 11.9. The molecule has 1 amide bonds.